The molecule has 0 aliphatic heterocycles. The van der Waals surface area contributed by atoms with E-state index in [4.69, 9.17) is 0 Å². The third kappa shape index (κ3) is 2.68. The summed E-state index contributed by atoms with van der Waals surface area (Å²) in [6.07, 6.45) is 9.35. The highest BCUT2D eigenvalue weighted by atomic mass is 16.3. The van der Waals surface area contributed by atoms with Crippen molar-refractivity contribution in [1.82, 2.24) is 0 Å². The van der Waals surface area contributed by atoms with E-state index in [2.05, 4.69) is 19.9 Å². The van der Waals surface area contributed by atoms with E-state index in [1.54, 1.807) is 6.08 Å². The summed E-state index contributed by atoms with van der Waals surface area (Å²) >= 11 is 0. The number of hydrogen-bond acceptors (Lipinski definition) is 2. The summed E-state index contributed by atoms with van der Waals surface area (Å²) in [5, 5.41) is 9.27. The van der Waals surface area contributed by atoms with Gasteiger partial charge >= 0.3 is 0 Å². The van der Waals surface area contributed by atoms with Crippen molar-refractivity contribution in [3.63, 3.8) is 0 Å². The molecule has 2 unspecified atom stereocenters. The lowest BCUT2D eigenvalue weighted by Crippen LogP contribution is -1.97. The molecule has 2 nitrogen and oxygen atoms in total. The number of carbonyl (C=O) groups is 1. The summed E-state index contributed by atoms with van der Waals surface area (Å²) in [4.78, 5) is 11.6. The van der Waals surface area contributed by atoms with Crippen molar-refractivity contribution in [3.8, 4) is 0 Å². The van der Waals surface area contributed by atoms with Crippen molar-refractivity contribution >= 4 is 5.78 Å². The van der Waals surface area contributed by atoms with Crippen molar-refractivity contribution < 1.29 is 9.90 Å². The van der Waals surface area contributed by atoms with Crippen LogP contribution in [-0.4, -0.2) is 17.5 Å². The van der Waals surface area contributed by atoms with Gasteiger partial charge in [0.25, 0.3) is 0 Å². The predicted molar refractivity (Wildman–Crippen MR) is 68.5 cm³/mol. The maximum absolute atomic E-state index is 11.6. The van der Waals surface area contributed by atoms with Gasteiger partial charge in [-0.25, -0.2) is 0 Å². The van der Waals surface area contributed by atoms with Crippen LogP contribution in [0.4, 0.5) is 0 Å². The number of allylic oxidation sites excluding steroid dienone is 3. The van der Waals surface area contributed by atoms with E-state index >= 15 is 0 Å². The highest BCUT2D eigenvalue weighted by Crippen LogP contribution is 2.61. The van der Waals surface area contributed by atoms with Gasteiger partial charge in [0.15, 0.2) is 5.78 Å². The Balaban J connectivity index is 2.11. The van der Waals surface area contributed by atoms with Crippen LogP contribution in [0.1, 0.15) is 39.5 Å². The molecule has 0 aromatic rings. The molecule has 1 saturated carbocycles. The maximum atomic E-state index is 11.6. The van der Waals surface area contributed by atoms with Crippen molar-refractivity contribution in [2.45, 2.75) is 39.5 Å². The SMILES string of the molecule is CC1(C)C2C=CC(=O)CCC=C(CO)CCC21. The standard InChI is InChI=1S/C15H22O2/c1-15(2)13-8-6-11(10-16)4-3-5-12(17)7-9-14(13)15/h4,7,9,13-14,16H,3,5-6,8,10H2,1-2H3. The second-order valence-corrected chi connectivity index (χ2v) is 5.88. The second kappa shape index (κ2) is 4.77. The molecule has 17 heavy (non-hydrogen) atoms. The Bertz CT molecular complexity index is 363. The smallest absolute Gasteiger partial charge is 0.155 e. The van der Waals surface area contributed by atoms with Crippen LogP contribution in [-0.2, 0) is 4.79 Å². The third-order valence-corrected chi connectivity index (χ3v) is 4.43. The zero-order valence-electron chi connectivity index (χ0n) is 10.8. The minimum atomic E-state index is 0.138. The second-order valence-electron chi connectivity index (χ2n) is 5.88. The van der Waals surface area contributed by atoms with Crippen LogP contribution in [0, 0.1) is 17.3 Å². The Labute approximate surface area is 103 Å². The van der Waals surface area contributed by atoms with Crippen LogP contribution in [0.3, 0.4) is 0 Å². The van der Waals surface area contributed by atoms with Gasteiger partial charge in [-0.2, -0.15) is 0 Å². The van der Waals surface area contributed by atoms with Crippen LogP contribution < -0.4 is 0 Å². The third-order valence-electron chi connectivity index (χ3n) is 4.43. The molecule has 0 bridgehead atoms. The fraction of sp³-hybridized carbons (Fsp3) is 0.667. The van der Waals surface area contributed by atoms with E-state index in [1.165, 1.54) is 0 Å². The molecule has 0 amide bonds. The van der Waals surface area contributed by atoms with Crippen LogP contribution in [0.2, 0.25) is 0 Å². The van der Waals surface area contributed by atoms with E-state index in [9.17, 15) is 9.90 Å². The molecule has 2 atom stereocenters. The first-order valence-electron chi connectivity index (χ1n) is 6.55. The Morgan fingerprint density at radius 3 is 2.88 bits per heavy atom. The van der Waals surface area contributed by atoms with E-state index in [1.807, 2.05) is 6.08 Å². The average Bonchev–Trinajstić information content (AvgIpc) is 2.82. The largest absolute Gasteiger partial charge is 0.392 e. The molecule has 0 heterocycles. The predicted octanol–water partition coefficient (Wildman–Crippen LogP) is 2.88. The summed E-state index contributed by atoms with van der Waals surface area (Å²) < 4.78 is 0. The van der Waals surface area contributed by atoms with Crippen molar-refractivity contribution in [2.24, 2.45) is 17.3 Å². The molecule has 0 aromatic carbocycles. The number of aliphatic hydroxyl groups excluding tert-OH is 1. The number of ketones is 1. The highest BCUT2D eigenvalue weighted by molar-refractivity contribution is 5.89. The van der Waals surface area contributed by atoms with Gasteiger partial charge in [-0.3, -0.25) is 4.79 Å². The number of carbonyl (C=O) groups excluding carboxylic acids is 1. The van der Waals surface area contributed by atoms with E-state index in [-0.39, 0.29) is 12.4 Å². The molecule has 0 radical (unpaired) electrons. The van der Waals surface area contributed by atoms with E-state index in [0.717, 1.165) is 24.8 Å². The number of aliphatic hydroxyl groups is 1. The summed E-state index contributed by atoms with van der Waals surface area (Å²) in [6.45, 7) is 4.68. The molecule has 0 spiro atoms. The Kier molecular flexibility index (Phi) is 3.53. The average molecular weight is 234 g/mol. The molecule has 2 aliphatic carbocycles. The van der Waals surface area contributed by atoms with Crippen molar-refractivity contribution in [1.29, 1.82) is 0 Å². The fourth-order valence-electron chi connectivity index (χ4n) is 3.02. The fourth-order valence-corrected chi connectivity index (χ4v) is 3.02. The molecule has 1 N–H and O–H groups in total. The molecule has 0 saturated heterocycles. The number of rotatable bonds is 1. The summed E-state index contributed by atoms with van der Waals surface area (Å²) in [7, 11) is 0. The summed E-state index contributed by atoms with van der Waals surface area (Å²) in [5.74, 6) is 1.42. The first kappa shape index (κ1) is 12.6. The first-order valence-corrected chi connectivity index (χ1v) is 6.55. The van der Waals surface area contributed by atoms with Crippen LogP contribution in [0.15, 0.2) is 23.8 Å². The van der Waals surface area contributed by atoms with Gasteiger partial charge in [-0.1, -0.05) is 26.0 Å². The molecular formula is C15H22O2. The first-order chi connectivity index (χ1) is 8.05. The van der Waals surface area contributed by atoms with Crippen molar-refractivity contribution in [3.05, 3.63) is 23.8 Å². The van der Waals surface area contributed by atoms with Gasteiger partial charge in [0.05, 0.1) is 6.61 Å². The van der Waals surface area contributed by atoms with Crippen molar-refractivity contribution in [2.75, 3.05) is 6.61 Å². The van der Waals surface area contributed by atoms with Gasteiger partial charge < -0.3 is 5.11 Å². The van der Waals surface area contributed by atoms with Gasteiger partial charge in [0.2, 0.25) is 0 Å². The maximum Gasteiger partial charge on any atom is 0.155 e. The summed E-state index contributed by atoms with van der Waals surface area (Å²) in [5.41, 5.74) is 1.43. The lowest BCUT2D eigenvalue weighted by Gasteiger charge is -2.05. The van der Waals surface area contributed by atoms with E-state index < -0.39 is 0 Å². The lowest BCUT2D eigenvalue weighted by atomic mass is 10.0. The highest BCUT2D eigenvalue weighted by Gasteiger charge is 2.55. The Hall–Kier alpha value is -0.890. The van der Waals surface area contributed by atoms with Crippen LogP contribution >= 0.6 is 0 Å². The normalized spacial score (nSPS) is 32.4. The minimum absolute atomic E-state index is 0.138. The lowest BCUT2D eigenvalue weighted by molar-refractivity contribution is -0.114. The Morgan fingerprint density at radius 1 is 1.41 bits per heavy atom. The molecular weight excluding hydrogens is 212 g/mol. The number of fused-ring (bicyclic) bond motifs is 1. The van der Waals surface area contributed by atoms with Gasteiger partial charge in [-0.15, -0.1) is 0 Å². The molecule has 1 fully saturated rings. The number of hydrogen-bond donors (Lipinski definition) is 1. The molecule has 94 valence electrons. The molecule has 2 rings (SSSR count). The molecule has 0 aromatic heterocycles. The van der Waals surface area contributed by atoms with Crippen LogP contribution in [0.5, 0.6) is 0 Å². The quantitative estimate of drug-likeness (QED) is 0.708. The van der Waals surface area contributed by atoms with Gasteiger partial charge in [0.1, 0.15) is 0 Å². The molecule has 2 heteroatoms. The van der Waals surface area contributed by atoms with Crippen LogP contribution in [0.25, 0.3) is 0 Å². The zero-order valence-corrected chi connectivity index (χ0v) is 10.8. The summed E-state index contributed by atoms with van der Waals surface area (Å²) in [6, 6.07) is 0. The Morgan fingerprint density at radius 2 is 2.18 bits per heavy atom. The van der Waals surface area contributed by atoms with E-state index in [0.29, 0.717) is 23.7 Å². The minimum Gasteiger partial charge on any atom is -0.392 e. The zero-order chi connectivity index (χ0) is 12.5. The topological polar surface area (TPSA) is 37.3 Å². The molecule has 2 aliphatic rings. The van der Waals surface area contributed by atoms with Gasteiger partial charge in [-0.05, 0) is 48.2 Å². The monoisotopic (exact) mass is 234 g/mol. The van der Waals surface area contributed by atoms with Gasteiger partial charge in [0, 0.05) is 6.42 Å².